The molecule has 0 amide bonds. The van der Waals surface area contributed by atoms with E-state index in [1.165, 1.54) is 23.0 Å². The molecule has 0 unspecified atom stereocenters. The van der Waals surface area contributed by atoms with E-state index in [-0.39, 0.29) is 27.8 Å². The van der Waals surface area contributed by atoms with Gasteiger partial charge in [0, 0.05) is 21.8 Å². The second-order valence-corrected chi connectivity index (χ2v) is 11.1. The first-order valence-electron chi connectivity index (χ1n) is 8.50. The normalized spacial score (nSPS) is 11.3. The molecule has 3 heterocycles. The Morgan fingerprint density at radius 3 is 2.53 bits per heavy atom. The van der Waals surface area contributed by atoms with Gasteiger partial charge in [-0.05, 0) is 52.7 Å². The lowest BCUT2D eigenvalue weighted by Crippen LogP contribution is -2.32. The van der Waals surface area contributed by atoms with Crippen molar-refractivity contribution in [3.63, 3.8) is 0 Å². The van der Waals surface area contributed by atoms with Crippen molar-refractivity contribution in [2.24, 2.45) is 0 Å². The molecule has 0 aliphatic rings. The number of aryl methyl sites for hydroxylation is 1. The number of benzene rings is 1. The number of aromatic nitrogens is 4. The van der Waals surface area contributed by atoms with Crippen molar-refractivity contribution < 1.29 is 17.6 Å². The molecule has 0 radical (unpaired) electrons. The Morgan fingerprint density at radius 1 is 1.25 bits per heavy atom. The molecule has 9 nitrogen and oxygen atoms in total. The van der Waals surface area contributed by atoms with Crippen LogP contribution in [0.15, 0.2) is 50.3 Å². The second kappa shape index (κ2) is 9.36. The Balaban J connectivity index is 0.000000523. The number of rotatable bonds is 2. The lowest BCUT2D eigenvalue weighted by Gasteiger charge is -2.09. The maximum absolute atomic E-state index is 12.5. The van der Waals surface area contributed by atoms with E-state index in [1.54, 1.807) is 25.1 Å². The van der Waals surface area contributed by atoms with Gasteiger partial charge >= 0.3 is 11.4 Å². The average molecular weight is 583 g/mol. The molecule has 0 saturated heterocycles. The maximum Gasteiger partial charge on any atom is 0.347 e. The lowest BCUT2D eigenvalue weighted by atomic mass is 10.1. The van der Waals surface area contributed by atoms with E-state index in [4.69, 9.17) is 27.6 Å². The highest BCUT2D eigenvalue weighted by molar-refractivity contribution is 9.10. The second-order valence-electron chi connectivity index (χ2n) is 6.38. The van der Waals surface area contributed by atoms with Crippen LogP contribution in [0.4, 0.5) is 0 Å². The van der Waals surface area contributed by atoms with Crippen molar-refractivity contribution in [3.05, 3.63) is 72.4 Å². The number of halogens is 4. The van der Waals surface area contributed by atoms with Crippen LogP contribution < -0.4 is 10.4 Å². The van der Waals surface area contributed by atoms with Crippen LogP contribution in [-0.2, 0) is 9.05 Å². The average Bonchev–Trinajstić information content (AvgIpc) is 3.02. The van der Waals surface area contributed by atoms with Crippen LogP contribution in [0.5, 0.6) is 0 Å². The molecule has 3 aromatic heterocycles. The van der Waals surface area contributed by atoms with Gasteiger partial charge in [-0.1, -0.05) is 33.0 Å². The van der Waals surface area contributed by atoms with Gasteiger partial charge in [-0.25, -0.2) is 22.9 Å². The number of hydrogen-bond donors (Lipinski definition) is 0. The molecule has 4 rings (SSSR count). The third kappa shape index (κ3) is 5.59. The highest BCUT2D eigenvalue weighted by Gasteiger charge is 2.26. The van der Waals surface area contributed by atoms with Crippen LogP contribution in [0, 0.1) is 12.1 Å². The van der Waals surface area contributed by atoms with E-state index in [9.17, 15) is 18.4 Å². The summed E-state index contributed by atoms with van der Waals surface area (Å²) in [6, 6.07) is 7.84. The Labute approximate surface area is 204 Å². The highest BCUT2D eigenvalue weighted by atomic mass is 79.9. The van der Waals surface area contributed by atoms with Crippen LogP contribution in [0.2, 0.25) is 10.0 Å². The number of hydrogen-bond acceptors (Lipinski definition) is 7. The SMILES string of the molecule is CS(=O)(=O)Cl.Cc1cc(Cl)cc2c(=O)oc(-c3cc(Br)nn3-c3c(Cl)ccc[n+]3[O-])nc12. The van der Waals surface area contributed by atoms with Crippen molar-refractivity contribution >= 4 is 69.8 Å². The summed E-state index contributed by atoms with van der Waals surface area (Å²) < 4.78 is 26.4. The molecular weight excluding hydrogens is 571 g/mol. The van der Waals surface area contributed by atoms with Crippen molar-refractivity contribution in [1.82, 2.24) is 14.8 Å². The van der Waals surface area contributed by atoms with E-state index in [2.05, 4.69) is 36.7 Å². The Bertz CT molecular complexity index is 1480. The van der Waals surface area contributed by atoms with Gasteiger partial charge in [0.05, 0.1) is 23.4 Å². The molecule has 4 aromatic rings. The van der Waals surface area contributed by atoms with Crippen LogP contribution in [-0.4, -0.2) is 29.4 Å². The predicted octanol–water partition coefficient (Wildman–Crippen LogP) is 4.24. The lowest BCUT2D eigenvalue weighted by molar-refractivity contribution is -0.600. The van der Waals surface area contributed by atoms with Gasteiger partial charge in [-0.2, -0.15) is 0 Å². The molecule has 0 aliphatic carbocycles. The van der Waals surface area contributed by atoms with Crippen LogP contribution in [0.3, 0.4) is 0 Å². The summed E-state index contributed by atoms with van der Waals surface area (Å²) in [6.07, 6.45) is 2.21. The van der Waals surface area contributed by atoms with Crippen molar-refractivity contribution in [3.8, 4) is 17.4 Å². The summed E-state index contributed by atoms with van der Waals surface area (Å²) in [4.78, 5) is 16.9. The Hall–Kier alpha value is -2.18. The quantitative estimate of drug-likeness (QED) is 0.197. The first-order valence-corrected chi connectivity index (χ1v) is 12.8. The summed E-state index contributed by atoms with van der Waals surface area (Å²) in [5.41, 5.74) is 0.851. The molecule has 1 aromatic carbocycles. The summed E-state index contributed by atoms with van der Waals surface area (Å²) >= 11 is 15.5. The molecule has 0 bridgehead atoms. The molecule has 0 spiro atoms. The fourth-order valence-electron chi connectivity index (χ4n) is 2.73. The fourth-order valence-corrected chi connectivity index (χ4v) is 3.62. The fraction of sp³-hybridized carbons (Fsp3) is 0.111. The Kier molecular flexibility index (Phi) is 7.15. The smallest absolute Gasteiger partial charge is 0.347 e. The maximum atomic E-state index is 12.5. The first-order chi connectivity index (χ1) is 14.8. The van der Waals surface area contributed by atoms with Gasteiger partial charge in [0.2, 0.25) is 14.7 Å². The van der Waals surface area contributed by atoms with E-state index in [0.29, 0.717) is 25.4 Å². The van der Waals surface area contributed by atoms with Gasteiger partial charge < -0.3 is 9.62 Å². The zero-order valence-corrected chi connectivity index (χ0v) is 20.9. The molecule has 168 valence electrons. The Morgan fingerprint density at radius 2 is 1.91 bits per heavy atom. The molecule has 32 heavy (non-hydrogen) atoms. The minimum absolute atomic E-state index is 0.00366. The van der Waals surface area contributed by atoms with E-state index in [1.807, 2.05) is 0 Å². The van der Waals surface area contributed by atoms with Gasteiger partial charge in [0.15, 0.2) is 4.60 Å². The molecule has 0 N–H and O–H groups in total. The minimum Gasteiger partial charge on any atom is -0.711 e. The van der Waals surface area contributed by atoms with E-state index < -0.39 is 14.7 Å². The first kappa shape index (κ1) is 24.5. The summed E-state index contributed by atoms with van der Waals surface area (Å²) in [5.74, 6) is 0.0493. The predicted molar refractivity (Wildman–Crippen MR) is 125 cm³/mol. The standard InChI is InChI=1S/C17H9BrCl2N4O3.CH3ClO2S/c1-8-5-9(19)6-10-14(8)21-15(27-17(10)25)12-7-13(18)22-24(12)16-11(20)3-2-4-23(16)26;1-5(2,3)4/h2-7H,1H3;1H3. The van der Waals surface area contributed by atoms with Crippen molar-refractivity contribution in [2.75, 3.05) is 6.26 Å². The summed E-state index contributed by atoms with van der Waals surface area (Å²) in [7, 11) is 1.31. The third-order valence-electron chi connectivity index (χ3n) is 3.87. The van der Waals surface area contributed by atoms with Gasteiger partial charge in [0.25, 0.3) is 5.89 Å². The monoisotopic (exact) mass is 580 g/mol. The van der Waals surface area contributed by atoms with E-state index >= 15 is 0 Å². The molecule has 0 saturated carbocycles. The molecule has 0 atom stereocenters. The van der Waals surface area contributed by atoms with E-state index in [0.717, 1.165) is 6.26 Å². The zero-order valence-electron chi connectivity index (χ0n) is 16.2. The summed E-state index contributed by atoms with van der Waals surface area (Å²) in [5, 5.41) is 17.3. The van der Waals surface area contributed by atoms with Crippen LogP contribution >= 0.6 is 49.8 Å². The van der Waals surface area contributed by atoms with Crippen molar-refractivity contribution in [2.45, 2.75) is 6.92 Å². The molecule has 14 heteroatoms. The summed E-state index contributed by atoms with van der Waals surface area (Å²) in [6.45, 7) is 1.79. The molecule has 0 fully saturated rings. The van der Waals surface area contributed by atoms with Crippen LogP contribution in [0.1, 0.15) is 5.56 Å². The topological polar surface area (TPSA) is 122 Å². The number of fused-ring (bicyclic) bond motifs is 1. The van der Waals surface area contributed by atoms with Gasteiger partial charge in [-0.15, -0.1) is 0 Å². The minimum atomic E-state index is -3.19. The third-order valence-corrected chi connectivity index (χ3v) is 4.77. The molecular formula is C18H12BrCl3N4O5S. The number of pyridine rings is 1. The highest BCUT2D eigenvalue weighted by Crippen LogP contribution is 2.28. The number of nitrogens with zero attached hydrogens (tertiary/aromatic N) is 4. The van der Waals surface area contributed by atoms with Crippen molar-refractivity contribution in [1.29, 1.82) is 0 Å². The van der Waals surface area contributed by atoms with Gasteiger partial charge in [-0.3, -0.25) is 0 Å². The molecule has 0 aliphatic heterocycles. The van der Waals surface area contributed by atoms with Crippen LogP contribution in [0.25, 0.3) is 28.3 Å². The largest absolute Gasteiger partial charge is 0.711 e. The van der Waals surface area contributed by atoms with Gasteiger partial charge in [0.1, 0.15) is 5.02 Å². The zero-order chi connectivity index (χ0) is 23.8.